The fourth-order valence-electron chi connectivity index (χ4n) is 2.89. The van der Waals surface area contributed by atoms with E-state index in [0.29, 0.717) is 29.1 Å². The standard InChI is InChI=1S/C18H22N2O3S/c1-3-23-15-10-12(8-9-14(15)22-2)11-16-17(21)20-18(24-16)19-13-6-4-5-7-13/h8-11,13H,3-7H2,1-2H3,(H,19,20,21)/b16-11-. The molecule has 1 saturated heterocycles. The van der Waals surface area contributed by atoms with Crippen LogP contribution in [0.4, 0.5) is 0 Å². The van der Waals surface area contributed by atoms with Gasteiger partial charge < -0.3 is 14.8 Å². The largest absolute Gasteiger partial charge is 0.493 e. The average Bonchev–Trinajstić information content (AvgIpc) is 3.19. The molecule has 24 heavy (non-hydrogen) atoms. The van der Waals surface area contributed by atoms with E-state index in [2.05, 4.69) is 10.3 Å². The normalized spacial score (nSPS) is 21.5. The zero-order valence-corrected chi connectivity index (χ0v) is 14.8. The lowest BCUT2D eigenvalue weighted by Crippen LogP contribution is -2.21. The van der Waals surface area contributed by atoms with Crippen LogP contribution in [0.2, 0.25) is 0 Å². The van der Waals surface area contributed by atoms with E-state index >= 15 is 0 Å². The van der Waals surface area contributed by atoms with Crippen LogP contribution >= 0.6 is 11.8 Å². The van der Waals surface area contributed by atoms with Crippen molar-refractivity contribution < 1.29 is 14.3 Å². The number of amidine groups is 1. The topological polar surface area (TPSA) is 59.9 Å². The number of thioether (sulfide) groups is 1. The van der Waals surface area contributed by atoms with E-state index < -0.39 is 0 Å². The summed E-state index contributed by atoms with van der Waals surface area (Å²) in [7, 11) is 1.61. The Balaban J connectivity index is 1.78. The summed E-state index contributed by atoms with van der Waals surface area (Å²) in [5.41, 5.74) is 0.902. The first-order valence-corrected chi connectivity index (χ1v) is 9.10. The van der Waals surface area contributed by atoms with Crippen LogP contribution in [-0.4, -0.2) is 30.8 Å². The Hall–Kier alpha value is -1.95. The van der Waals surface area contributed by atoms with Crippen molar-refractivity contribution in [2.24, 2.45) is 4.99 Å². The maximum atomic E-state index is 12.2. The minimum Gasteiger partial charge on any atom is -0.493 e. The van der Waals surface area contributed by atoms with E-state index in [4.69, 9.17) is 9.47 Å². The molecule has 1 N–H and O–H groups in total. The van der Waals surface area contributed by atoms with Gasteiger partial charge in [0.15, 0.2) is 16.7 Å². The summed E-state index contributed by atoms with van der Waals surface area (Å²) in [6.45, 7) is 2.49. The van der Waals surface area contributed by atoms with Gasteiger partial charge in [0, 0.05) is 0 Å². The van der Waals surface area contributed by atoms with Crippen molar-refractivity contribution in [3.05, 3.63) is 28.7 Å². The summed E-state index contributed by atoms with van der Waals surface area (Å²) < 4.78 is 10.9. The Bertz CT molecular complexity index is 679. The van der Waals surface area contributed by atoms with Gasteiger partial charge in [-0.25, -0.2) is 0 Å². The number of hydrogen-bond donors (Lipinski definition) is 1. The fourth-order valence-corrected chi connectivity index (χ4v) is 3.78. The predicted octanol–water partition coefficient (Wildman–Crippen LogP) is 3.60. The van der Waals surface area contributed by atoms with E-state index in [1.807, 2.05) is 31.2 Å². The van der Waals surface area contributed by atoms with Crippen LogP contribution in [0.15, 0.2) is 28.1 Å². The van der Waals surface area contributed by atoms with Gasteiger partial charge in [-0.3, -0.25) is 9.79 Å². The molecule has 1 aromatic rings. The first kappa shape index (κ1) is 16.9. The molecule has 0 spiro atoms. The third-order valence-electron chi connectivity index (χ3n) is 4.06. The molecule has 5 nitrogen and oxygen atoms in total. The zero-order chi connectivity index (χ0) is 16.9. The van der Waals surface area contributed by atoms with Gasteiger partial charge in [-0.15, -0.1) is 0 Å². The third kappa shape index (κ3) is 3.93. The molecule has 1 aromatic carbocycles. The Labute approximate surface area is 146 Å². The molecule has 1 aliphatic carbocycles. The number of nitrogens with one attached hydrogen (secondary N) is 1. The lowest BCUT2D eigenvalue weighted by molar-refractivity contribution is -0.115. The van der Waals surface area contributed by atoms with E-state index in [0.717, 1.165) is 23.6 Å². The molecule has 0 bridgehead atoms. The number of carbonyl (C=O) groups excluding carboxylic acids is 1. The summed E-state index contributed by atoms with van der Waals surface area (Å²) in [4.78, 5) is 17.5. The maximum Gasteiger partial charge on any atom is 0.264 e. The maximum absolute atomic E-state index is 12.2. The van der Waals surface area contributed by atoms with Crippen molar-refractivity contribution in [3.63, 3.8) is 0 Å². The Morgan fingerprint density at radius 3 is 2.83 bits per heavy atom. The number of ether oxygens (including phenoxy) is 2. The molecule has 6 heteroatoms. The monoisotopic (exact) mass is 346 g/mol. The molecule has 2 fully saturated rings. The van der Waals surface area contributed by atoms with Gasteiger partial charge in [0.2, 0.25) is 0 Å². The lowest BCUT2D eigenvalue weighted by atomic mass is 10.2. The highest BCUT2D eigenvalue weighted by Gasteiger charge is 2.25. The lowest BCUT2D eigenvalue weighted by Gasteiger charge is -2.09. The second-order valence-corrected chi connectivity index (χ2v) is 6.81. The van der Waals surface area contributed by atoms with E-state index in [1.165, 1.54) is 24.6 Å². The summed E-state index contributed by atoms with van der Waals surface area (Å²) in [6.07, 6.45) is 6.56. The van der Waals surface area contributed by atoms with Gasteiger partial charge in [-0.05, 0) is 55.3 Å². The number of hydrogen-bond acceptors (Lipinski definition) is 5. The number of methoxy groups -OCH3 is 1. The quantitative estimate of drug-likeness (QED) is 0.828. The van der Waals surface area contributed by atoms with Crippen LogP contribution in [0.25, 0.3) is 6.08 Å². The Kier molecular flexibility index (Phi) is 5.45. The second-order valence-electron chi connectivity index (χ2n) is 5.78. The minimum atomic E-state index is -0.0921. The van der Waals surface area contributed by atoms with Crippen molar-refractivity contribution in [2.75, 3.05) is 13.7 Å². The predicted molar refractivity (Wildman–Crippen MR) is 97.6 cm³/mol. The number of amides is 1. The van der Waals surface area contributed by atoms with E-state index in [-0.39, 0.29) is 5.91 Å². The first-order chi connectivity index (χ1) is 11.7. The van der Waals surface area contributed by atoms with Crippen molar-refractivity contribution >= 4 is 28.9 Å². The van der Waals surface area contributed by atoms with Crippen LogP contribution in [0, 0.1) is 0 Å². The van der Waals surface area contributed by atoms with Crippen molar-refractivity contribution in [1.29, 1.82) is 0 Å². The van der Waals surface area contributed by atoms with Crippen LogP contribution in [0.1, 0.15) is 38.2 Å². The molecule has 2 aliphatic rings. The number of aliphatic imine (C=N–C) groups is 1. The minimum absolute atomic E-state index is 0.0921. The highest BCUT2D eigenvalue weighted by Crippen LogP contribution is 2.32. The molecular weight excluding hydrogens is 324 g/mol. The second kappa shape index (κ2) is 7.75. The van der Waals surface area contributed by atoms with Gasteiger partial charge in [-0.2, -0.15) is 0 Å². The zero-order valence-electron chi connectivity index (χ0n) is 14.0. The molecule has 0 unspecified atom stereocenters. The summed E-state index contributed by atoms with van der Waals surface area (Å²) in [5, 5.41) is 3.58. The molecule has 3 rings (SSSR count). The highest BCUT2D eigenvalue weighted by molar-refractivity contribution is 8.18. The third-order valence-corrected chi connectivity index (χ3v) is 4.98. The van der Waals surface area contributed by atoms with E-state index in [1.54, 1.807) is 7.11 Å². The Morgan fingerprint density at radius 2 is 2.12 bits per heavy atom. The number of nitrogens with zero attached hydrogens (tertiary/aromatic N) is 1. The van der Waals surface area contributed by atoms with Gasteiger partial charge in [0.25, 0.3) is 5.91 Å². The molecule has 0 aromatic heterocycles. The van der Waals surface area contributed by atoms with Gasteiger partial charge in [-0.1, -0.05) is 18.9 Å². The summed E-state index contributed by atoms with van der Waals surface area (Å²) >= 11 is 1.41. The molecular formula is C18H22N2O3S. The number of rotatable bonds is 5. The molecule has 1 amide bonds. The summed E-state index contributed by atoms with van der Waals surface area (Å²) in [6, 6.07) is 6.00. The van der Waals surface area contributed by atoms with Crippen LogP contribution in [-0.2, 0) is 4.79 Å². The van der Waals surface area contributed by atoms with Crippen molar-refractivity contribution in [1.82, 2.24) is 5.32 Å². The SMILES string of the molecule is CCOc1cc(/C=C2\SC(=NC3CCCC3)NC2=O)ccc1OC. The smallest absolute Gasteiger partial charge is 0.264 e. The average molecular weight is 346 g/mol. The van der Waals surface area contributed by atoms with Crippen LogP contribution in [0.5, 0.6) is 11.5 Å². The first-order valence-electron chi connectivity index (χ1n) is 8.29. The molecule has 0 radical (unpaired) electrons. The van der Waals surface area contributed by atoms with Gasteiger partial charge in [0.05, 0.1) is 24.7 Å². The Morgan fingerprint density at radius 1 is 1.33 bits per heavy atom. The van der Waals surface area contributed by atoms with Gasteiger partial charge >= 0.3 is 0 Å². The summed E-state index contributed by atoms with van der Waals surface area (Å²) in [5.74, 6) is 1.27. The van der Waals surface area contributed by atoms with E-state index in [9.17, 15) is 4.79 Å². The molecule has 128 valence electrons. The van der Waals surface area contributed by atoms with Crippen LogP contribution < -0.4 is 14.8 Å². The number of carbonyl (C=O) groups is 1. The van der Waals surface area contributed by atoms with Crippen molar-refractivity contribution in [2.45, 2.75) is 38.6 Å². The fraction of sp³-hybridized carbons (Fsp3) is 0.444. The molecule has 1 saturated carbocycles. The number of benzene rings is 1. The molecule has 0 atom stereocenters. The molecule has 1 aliphatic heterocycles. The van der Waals surface area contributed by atoms with Crippen LogP contribution in [0.3, 0.4) is 0 Å². The molecule has 1 heterocycles. The van der Waals surface area contributed by atoms with Gasteiger partial charge in [0.1, 0.15) is 0 Å². The van der Waals surface area contributed by atoms with Crippen molar-refractivity contribution in [3.8, 4) is 11.5 Å². The highest BCUT2D eigenvalue weighted by atomic mass is 32.2.